The first-order valence-corrected chi connectivity index (χ1v) is 9.35. The summed E-state index contributed by atoms with van der Waals surface area (Å²) in [4.78, 5) is 4.84. The highest BCUT2D eigenvalue weighted by molar-refractivity contribution is 5.78. The van der Waals surface area contributed by atoms with Crippen LogP contribution in [-0.4, -0.2) is 28.7 Å². The maximum Gasteiger partial charge on any atom is 0.204 e. The second-order valence-corrected chi connectivity index (χ2v) is 7.06. The predicted molar refractivity (Wildman–Crippen MR) is 106 cm³/mol. The summed E-state index contributed by atoms with van der Waals surface area (Å²) < 4.78 is 7.51. The van der Waals surface area contributed by atoms with Gasteiger partial charge in [-0.15, -0.1) is 0 Å². The molecule has 1 aromatic heterocycles. The molecule has 5 heteroatoms. The van der Waals surface area contributed by atoms with Gasteiger partial charge >= 0.3 is 0 Å². The van der Waals surface area contributed by atoms with Crippen molar-refractivity contribution < 1.29 is 4.74 Å². The molecule has 1 saturated carbocycles. The average molecular weight is 350 g/mol. The summed E-state index contributed by atoms with van der Waals surface area (Å²) in [6, 6.07) is 17.0. The molecule has 2 aromatic carbocycles. The fraction of sp³-hybridized carbons (Fsp3) is 0.381. The molecule has 5 nitrogen and oxygen atoms in total. The number of nitrogens with zero attached hydrogens (tertiary/aromatic N) is 2. The van der Waals surface area contributed by atoms with Gasteiger partial charge < -0.3 is 20.4 Å². The fourth-order valence-electron chi connectivity index (χ4n) is 3.76. The lowest BCUT2D eigenvalue weighted by molar-refractivity contribution is 0.401. The van der Waals surface area contributed by atoms with Gasteiger partial charge in [0.2, 0.25) is 5.95 Å². The van der Waals surface area contributed by atoms with Gasteiger partial charge in [-0.25, -0.2) is 4.98 Å². The van der Waals surface area contributed by atoms with Crippen molar-refractivity contribution in [2.24, 2.45) is 5.73 Å². The van der Waals surface area contributed by atoms with Gasteiger partial charge in [0.15, 0.2) is 0 Å². The van der Waals surface area contributed by atoms with Crippen molar-refractivity contribution in [3.05, 3.63) is 54.1 Å². The molecule has 1 heterocycles. The van der Waals surface area contributed by atoms with Crippen molar-refractivity contribution in [3.8, 4) is 5.75 Å². The Morgan fingerprint density at radius 3 is 2.65 bits per heavy atom. The molecule has 1 aliphatic carbocycles. The average Bonchev–Trinajstić information content (AvgIpc) is 3.01. The number of imidazole rings is 1. The number of nitrogens with two attached hydrogens (primary N) is 1. The van der Waals surface area contributed by atoms with Crippen LogP contribution >= 0.6 is 0 Å². The van der Waals surface area contributed by atoms with E-state index in [1.807, 2.05) is 18.2 Å². The maximum atomic E-state index is 6.34. The Morgan fingerprint density at radius 1 is 1.12 bits per heavy atom. The standard InChI is InChI=1S/C21H26N4O/c1-26-16-12-10-15(11-13-16)14-25-20-9-5-4-8-19(20)24-21(25)23-18-7-3-2-6-17(18)22/h4-5,8-13,17-18H,2-3,6-7,14,22H2,1H3,(H,23,24)/t17-,18-/m0/s1. The largest absolute Gasteiger partial charge is 0.497 e. The Labute approximate surface area is 154 Å². The number of anilines is 1. The number of nitrogens with one attached hydrogen (secondary N) is 1. The summed E-state index contributed by atoms with van der Waals surface area (Å²) in [6.07, 6.45) is 4.63. The topological polar surface area (TPSA) is 65.1 Å². The number of benzene rings is 2. The first kappa shape index (κ1) is 16.9. The monoisotopic (exact) mass is 350 g/mol. The molecule has 2 atom stereocenters. The summed E-state index contributed by atoms with van der Waals surface area (Å²) in [5.74, 6) is 1.78. The van der Waals surface area contributed by atoms with Crippen molar-refractivity contribution in [1.29, 1.82) is 0 Å². The van der Waals surface area contributed by atoms with Crippen molar-refractivity contribution in [3.63, 3.8) is 0 Å². The zero-order valence-electron chi connectivity index (χ0n) is 15.2. The lowest BCUT2D eigenvalue weighted by Gasteiger charge is -2.29. The molecule has 1 aliphatic rings. The zero-order valence-corrected chi connectivity index (χ0v) is 15.2. The van der Waals surface area contributed by atoms with Gasteiger partial charge in [-0.2, -0.15) is 0 Å². The first-order chi connectivity index (χ1) is 12.7. The lowest BCUT2D eigenvalue weighted by atomic mass is 9.91. The number of hydrogen-bond acceptors (Lipinski definition) is 4. The smallest absolute Gasteiger partial charge is 0.204 e. The Balaban J connectivity index is 1.66. The zero-order chi connectivity index (χ0) is 17.9. The molecule has 0 spiro atoms. The highest BCUT2D eigenvalue weighted by Crippen LogP contribution is 2.25. The van der Waals surface area contributed by atoms with Crippen molar-refractivity contribution in [2.45, 2.75) is 44.3 Å². The minimum Gasteiger partial charge on any atom is -0.497 e. The van der Waals surface area contributed by atoms with E-state index in [1.165, 1.54) is 18.4 Å². The number of ether oxygens (including phenoxy) is 1. The third-order valence-corrected chi connectivity index (χ3v) is 5.29. The van der Waals surface area contributed by atoms with Crippen LogP contribution < -0.4 is 15.8 Å². The third kappa shape index (κ3) is 3.40. The lowest BCUT2D eigenvalue weighted by Crippen LogP contribution is -2.43. The molecule has 0 aliphatic heterocycles. The van der Waals surface area contributed by atoms with E-state index in [0.29, 0.717) is 0 Å². The van der Waals surface area contributed by atoms with E-state index < -0.39 is 0 Å². The minimum absolute atomic E-state index is 0.193. The van der Waals surface area contributed by atoms with E-state index in [2.05, 4.69) is 40.2 Å². The van der Waals surface area contributed by atoms with Gasteiger partial charge in [0.25, 0.3) is 0 Å². The van der Waals surface area contributed by atoms with E-state index in [9.17, 15) is 0 Å². The maximum absolute atomic E-state index is 6.34. The van der Waals surface area contributed by atoms with Crippen LogP contribution in [0.1, 0.15) is 31.2 Å². The normalized spacial score (nSPS) is 20.2. The highest BCUT2D eigenvalue weighted by Gasteiger charge is 2.23. The Morgan fingerprint density at radius 2 is 1.88 bits per heavy atom. The number of methoxy groups -OCH3 is 1. The van der Waals surface area contributed by atoms with Crippen molar-refractivity contribution >= 4 is 17.0 Å². The van der Waals surface area contributed by atoms with Crippen LogP contribution in [0.4, 0.5) is 5.95 Å². The first-order valence-electron chi connectivity index (χ1n) is 9.35. The molecule has 0 unspecified atom stereocenters. The molecule has 4 rings (SSSR count). The van der Waals surface area contributed by atoms with E-state index in [0.717, 1.165) is 42.1 Å². The summed E-state index contributed by atoms with van der Waals surface area (Å²) in [5.41, 5.74) is 9.70. The van der Waals surface area contributed by atoms with Crippen LogP contribution in [0.2, 0.25) is 0 Å². The minimum atomic E-state index is 0.193. The van der Waals surface area contributed by atoms with Crippen LogP contribution in [0.15, 0.2) is 48.5 Å². The molecule has 0 radical (unpaired) electrons. The summed E-state index contributed by atoms with van der Waals surface area (Å²) in [5, 5.41) is 3.63. The molecule has 0 bridgehead atoms. The molecule has 3 aromatic rings. The van der Waals surface area contributed by atoms with Crippen LogP contribution in [0.5, 0.6) is 5.75 Å². The SMILES string of the molecule is COc1ccc(Cn2c(N[C@H]3CCCC[C@@H]3N)nc3ccccc32)cc1. The summed E-state index contributed by atoms with van der Waals surface area (Å²) in [7, 11) is 1.69. The Bertz CT molecular complexity index is 871. The third-order valence-electron chi connectivity index (χ3n) is 5.29. The van der Waals surface area contributed by atoms with Crippen molar-refractivity contribution in [2.75, 3.05) is 12.4 Å². The molecule has 136 valence electrons. The quantitative estimate of drug-likeness (QED) is 0.735. The van der Waals surface area contributed by atoms with Crippen LogP contribution in [0.3, 0.4) is 0 Å². The van der Waals surface area contributed by atoms with Gasteiger partial charge in [-0.1, -0.05) is 37.1 Å². The van der Waals surface area contributed by atoms with E-state index >= 15 is 0 Å². The van der Waals surface area contributed by atoms with E-state index in [1.54, 1.807) is 7.11 Å². The van der Waals surface area contributed by atoms with Gasteiger partial charge in [0, 0.05) is 12.1 Å². The van der Waals surface area contributed by atoms with Crippen LogP contribution in [-0.2, 0) is 6.54 Å². The summed E-state index contributed by atoms with van der Waals surface area (Å²) >= 11 is 0. The van der Waals surface area contributed by atoms with Crippen molar-refractivity contribution in [1.82, 2.24) is 9.55 Å². The second kappa shape index (κ2) is 7.38. The summed E-state index contributed by atoms with van der Waals surface area (Å²) in [6.45, 7) is 0.759. The van der Waals surface area contributed by atoms with Gasteiger partial charge in [-0.3, -0.25) is 0 Å². The van der Waals surface area contributed by atoms with Crippen LogP contribution in [0.25, 0.3) is 11.0 Å². The second-order valence-electron chi connectivity index (χ2n) is 7.06. The van der Waals surface area contributed by atoms with E-state index in [4.69, 9.17) is 15.5 Å². The van der Waals surface area contributed by atoms with E-state index in [-0.39, 0.29) is 12.1 Å². The molecular formula is C21H26N4O. The molecule has 3 N–H and O–H groups in total. The Kier molecular flexibility index (Phi) is 4.80. The molecule has 0 amide bonds. The van der Waals surface area contributed by atoms with Gasteiger partial charge in [0.1, 0.15) is 5.75 Å². The predicted octanol–water partition coefficient (Wildman–Crippen LogP) is 3.78. The molecule has 0 saturated heterocycles. The molecular weight excluding hydrogens is 324 g/mol. The van der Waals surface area contributed by atoms with Crippen LogP contribution in [0, 0.1) is 0 Å². The van der Waals surface area contributed by atoms with Gasteiger partial charge in [0.05, 0.1) is 24.7 Å². The number of aromatic nitrogens is 2. The molecule has 1 fully saturated rings. The number of hydrogen-bond donors (Lipinski definition) is 2. The van der Waals surface area contributed by atoms with Gasteiger partial charge in [-0.05, 0) is 42.7 Å². The Hall–Kier alpha value is -2.53. The number of rotatable bonds is 5. The fourth-order valence-corrected chi connectivity index (χ4v) is 3.76. The highest BCUT2D eigenvalue weighted by atomic mass is 16.5. The molecule has 26 heavy (non-hydrogen) atoms. The number of fused-ring (bicyclic) bond motifs is 1. The number of para-hydroxylation sites is 2.